The van der Waals surface area contributed by atoms with Crippen molar-refractivity contribution in [1.29, 1.82) is 0 Å². The fourth-order valence-corrected chi connectivity index (χ4v) is 2.69. The molecule has 0 amide bonds. The second-order valence-corrected chi connectivity index (χ2v) is 4.59. The minimum atomic E-state index is -0.754. The number of methoxy groups -OCH3 is 1. The zero-order valence-corrected chi connectivity index (χ0v) is 9.88. The lowest BCUT2D eigenvalue weighted by molar-refractivity contribution is -0.0280. The summed E-state index contributed by atoms with van der Waals surface area (Å²) >= 11 is 0. The summed E-state index contributed by atoms with van der Waals surface area (Å²) in [5, 5.41) is 0. The number of nitrogens with two attached hydrogens (primary N) is 1. The van der Waals surface area contributed by atoms with Crippen LogP contribution in [0, 0.1) is 11.6 Å². The van der Waals surface area contributed by atoms with Gasteiger partial charge >= 0.3 is 0 Å². The summed E-state index contributed by atoms with van der Waals surface area (Å²) in [6, 6.07) is 3.05. The molecule has 1 aliphatic rings. The Labute approximate surface area is 99.8 Å². The van der Waals surface area contributed by atoms with Gasteiger partial charge in [0.05, 0.1) is 11.6 Å². The molecule has 0 spiro atoms. The Hall–Kier alpha value is -1.00. The van der Waals surface area contributed by atoms with Gasteiger partial charge in [0.25, 0.3) is 0 Å². The Morgan fingerprint density at radius 1 is 1.24 bits per heavy atom. The third-order valence-corrected chi connectivity index (χ3v) is 3.73. The lowest BCUT2D eigenvalue weighted by atomic mass is 9.87. The maximum Gasteiger partial charge on any atom is 0.131 e. The fraction of sp³-hybridized carbons (Fsp3) is 0.538. The maximum atomic E-state index is 13.7. The summed E-state index contributed by atoms with van der Waals surface area (Å²) < 4.78 is 32.8. The van der Waals surface area contributed by atoms with E-state index in [1.807, 2.05) is 0 Å². The highest BCUT2D eigenvalue weighted by Gasteiger charge is 2.42. The molecule has 2 nitrogen and oxygen atoms in total. The van der Waals surface area contributed by atoms with Crippen molar-refractivity contribution in [2.45, 2.75) is 37.3 Å². The highest BCUT2D eigenvalue weighted by Crippen LogP contribution is 2.42. The molecule has 1 aliphatic carbocycles. The Balaban J connectivity index is 2.39. The smallest absolute Gasteiger partial charge is 0.131 e. The van der Waals surface area contributed by atoms with Crippen LogP contribution in [0.5, 0.6) is 0 Å². The van der Waals surface area contributed by atoms with E-state index in [1.165, 1.54) is 18.2 Å². The summed E-state index contributed by atoms with van der Waals surface area (Å²) in [5.74, 6) is -1.19. The highest BCUT2D eigenvalue weighted by atomic mass is 19.1. The van der Waals surface area contributed by atoms with Crippen LogP contribution in [0.4, 0.5) is 8.78 Å². The zero-order chi connectivity index (χ0) is 12.5. The molecule has 2 rings (SSSR count). The average Bonchev–Trinajstić information content (AvgIpc) is 2.78. The predicted molar refractivity (Wildman–Crippen MR) is 61.5 cm³/mol. The molecule has 94 valence electrons. The summed E-state index contributed by atoms with van der Waals surface area (Å²) in [4.78, 5) is 0. The summed E-state index contributed by atoms with van der Waals surface area (Å²) in [5.41, 5.74) is 5.36. The Morgan fingerprint density at radius 2 is 1.76 bits per heavy atom. The molecule has 2 N–H and O–H groups in total. The third-order valence-electron chi connectivity index (χ3n) is 3.73. The average molecular weight is 241 g/mol. The molecule has 1 unspecified atom stereocenters. The van der Waals surface area contributed by atoms with Crippen LogP contribution in [0.1, 0.15) is 37.3 Å². The lowest BCUT2D eigenvalue weighted by Crippen LogP contribution is -2.41. The molecular weight excluding hydrogens is 224 g/mol. The van der Waals surface area contributed by atoms with Crippen LogP contribution in [0.2, 0.25) is 0 Å². The van der Waals surface area contributed by atoms with E-state index >= 15 is 0 Å². The number of halogens is 2. The Bertz CT molecular complexity index is 382. The van der Waals surface area contributed by atoms with Crippen LogP contribution in [0.15, 0.2) is 18.2 Å². The largest absolute Gasteiger partial charge is 0.376 e. The minimum Gasteiger partial charge on any atom is -0.376 e. The molecule has 0 radical (unpaired) electrons. The van der Waals surface area contributed by atoms with Gasteiger partial charge in [-0.25, -0.2) is 8.78 Å². The van der Waals surface area contributed by atoms with Gasteiger partial charge in [0.1, 0.15) is 11.6 Å². The number of ether oxygens (including phenoxy) is 1. The monoisotopic (exact) mass is 241 g/mol. The molecule has 4 heteroatoms. The second-order valence-electron chi connectivity index (χ2n) is 4.59. The minimum absolute atomic E-state index is 0.0590. The topological polar surface area (TPSA) is 35.2 Å². The van der Waals surface area contributed by atoms with Gasteiger partial charge in [0.15, 0.2) is 0 Å². The standard InChI is InChI=1S/C13H17F2NO/c1-17-13(7-2-3-8-13)12(16)11-9(14)5-4-6-10(11)15/h4-6,12H,2-3,7-8,16H2,1H3. The van der Waals surface area contributed by atoms with Crippen LogP contribution in [-0.4, -0.2) is 12.7 Å². The molecule has 1 atom stereocenters. The van der Waals surface area contributed by atoms with Gasteiger partial charge in [0, 0.05) is 12.7 Å². The van der Waals surface area contributed by atoms with Crippen LogP contribution in [-0.2, 0) is 4.74 Å². The molecule has 0 saturated heterocycles. The van der Waals surface area contributed by atoms with E-state index in [2.05, 4.69) is 0 Å². The molecule has 0 bridgehead atoms. The first-order valence-corrected chi connectivity index (χ1v) is 5.85. The van der Waals surface area contributed by atoms with E-state index in [4.69, 9.17) is 10.5 Å². The van der Waals surface area contributed by atoms with Gasteiger partial charge in [-0.3, -0.25) is 0 Å². The molecule has 1 aromatic carbocycles. The molecule has 17 heavy (non-hydrogen) atoms. The van der Waals surface area contributed by atoms with E-state index in [1.54, 1.807) is 7.11 Å². The van der Waals surface area contributed by atoms with Gasteiger partial charge in [-0.05, 0) is 25.0 Å². The van der Waals surface area contributed by atoms with Gasteiger partial charge < -0.3 is 10.5 Å². The van der Waals surface area contributed by atoms with Gasteiger partial charge in [-0.15, -0.1) is 0 Å². The molecule has 1 saturated carbocycles. The Kier molecular flexibility index (Phi) is 3.45. The van der Waals surface area contributed by atoms with E-state index < -0.39 is 23.3 Å². The number of benzene rings is 1. The first-order chi connectivity index (χ1) is 8.10. The van der Waals surface area contributed by atoms with Crippen LogP contribution >= 0.6 is 0 Å². The van der Waals surface area contributed by atoms with Crippen LogP contribution < -0.4 is 5.73 Å². The first kappa shape index (κ1) is 12.5. The highest BCUT2D eigenvalue weighted by molar-refractivity contribution is 5.26. The quantitative estimate of drug-likeness (QED) is 0.883. The van der Waals surface area contributed by atoms with Crippen molar-refractivity contribution < 1.29 is 13.5 Å². The van der Waals surface area contributed by atoms with Crippen LogP contribution in [0.25, 0.3) is 0 Å². The van der Waals surface area contributed by atoms with Gasteiger partial charge in [-0.1, -0.05) is 18.9 Å². The van der Waals surface area contributed by atoms with E-state index in [-0.39, 0.29) is 5.56 Å². The van der Waals surface area contributed by atoms with Gasteiger partial charge in [0.2, 0.25) is 0 Å². The van der Waals surface area contributed by atoms with Gasteiger partial charge in [-0.2, -0.15) is 0 Å². The molecular formula is C13H17F2NO. The zero-order valence-electron chi connectivity index (χ0n) is 9.88. The summed E-state index contributed by atoms with van der Waals surface area (Å²) in [7, 11) is 1.56. The molecule has 1 aromatic rings. The lowest BCUT2D eigenvalue weighted by Gasteiger charge is -2.34. The molecule has 0 heterocycles. The van der Waals surface area contributed by atoms with Crippen molar-refractivity contribution in [3.8, 4) is 0 Å². The second kappa shape index (κ2) is 4.70. The normalized spacial score (nSPS) is 20.5. The maximum absolute atomic E-state index is 13.7. The Morgan fingerprint density at radius 3 is 2.24 bits per heavy atom. The van der Waals surface area contributed by atoms with E-state index in [9.17, 15) is 8.78 Å². The number of hydrogen-bond donors (Lipinski definition) is 1. The van der Waals surface area contributed by atoms with Crippen molar-refractivity contribution in [3.63, 3.8) is 0 Å². The fourth-order valence-electron chi connectivity index (χ4n) is 2.69. The van der Waals surface area contributed by atoms with E-state index in [0.717, 1.165) is 25.7 Å². The van der Waals surface area contributed by atoms with Crippen molar-refractivity contribution in [1.82, 2.24) is 0 Å². The first-order valence-electron chi connectivity index (χ1n) is 5.85. The van der Waals surface area contributed by atoms with Crippen LogP contribution in [0.3, 0.4) is 0 Å². The van der Waals surface area contributed by atoms with E-state index in [0.29, 0.717) is 0 Å². The number of rotatable bonds is 3. The van der Waals surface area contributed by atoms with Crippen molar-refractivity contribution in [3.05, 3.63) is 35.4 Å². The van der Waals surface area contributed by atoms with Crippen molar-refractivity contribution >= 4 is 0 Å². The van der Waals surface area contributed by atoms with Crippen molar-refractivity contribution in [2.24, 2.45) is 5.73 Å². The number of hydrogen-bond acceptors (Lipinski definition) is 2. The molecule has 1 fully saturated rings. The predicted octanol–water partition coefficient (Wildman–Crippen LogP) is 2.92. The molecule has 0 aliphatic heterocycles. The summed E-state index contributed by atoms with van der Waals surface area (Å²) in [6.07, 6.45) is 3.46. The molecule has 0 aromatic heterocycles. The third kappa shape index (κ3) is 2.07. The SMILES string of the molecule is COC1(C(N)c2c(F)cccc2F)CCCC1. The van der Waals surface area contributed by atoms with Crippen molar-refractivity contribution in [2.75, 3.05) is 7.11 Å². The summed E-state index contributed by atoms with van der Waals surface area (Å²) in [6.45, 7) is 0.